The second kappa shape index (κ2) is 10.2. The quantitative estimate of drug-likeness (QED) is 0.442. The van der Waals surface area contributed by atoms with E-state index in [0.717, 1.165) is 26.2 Å². The second-order valence-corrected chi connectivity index (χ2v) is 4.12. The molecule has 0 fully saturated rings. The maximum Gasteiger partial charge on any atom is 0.0163 e. The summed E-state index contributed by atoms with van der Waals surface area (Å²) in [5, 5.41) is 3.44. The molecule has 15 heavy (non-hydrogen) atoms. The van der Waals surface area contributed by atoms with Gasteiger partial charge in [-0.15, -0.1) is 6.58 Å². The van der Waals surface area contributed by atoms with Gasteiger partial charge in [0, 0.05) is 12.6 Å². The lowest BCUT2D eigenvalue weighted by molar-refractivity contribution is 0.229. The molecular weight excluding hydrogens is 184 g/mol. The Morgan fingerprint density at radius 1 is 1.33 bits per heavy atom. The smallest absolute Gasteiger partial charge is 0.0163 e. The van der Waals surface area contributed by atoms with E-state index >= 15 is 0 Å². The number of hydrogen-bond acceptors (Lipinski definition) is 2. The molecule has 0 aromatic heterocycles. The average Bonchev–Trinajstić information content (AvgIpc) is 2.25. The normalized spacial score (nSPS) is 13.1. The SMILES string of the molecule is C=CCN(CC)C(C)CCCNCCC. The number of hydrogen-bond donors (Lipinski definition) is 1. The molecule has 0 heterocycles. The Labute approximate surface area is 95.7 Å². The van der Waals surface area contributed by atoms with Crippen molar-refractivity contribution in [2.75, 3.05) is 26.2 Å². The molecule has 0 saturated carbocycles. The highest BCUT2D eigenvalue weighted by Crippen LogP contribution is 2.05. The van der Waals surface area contributed by atoms with Crippen LogP contribution in [0.1, 0.15) is 40.0 Å². The molecule has 0 aliphatic rings. The number of nitrogens with one attached hydrogen (secondary N) is 1. The van der Waals surface area contributed by atoms with Gasteiger partial charge in [-0.05, 0) is 45.8 Å². The van der Waals surface area contributed by atoms with Gasteiger partial charge in [-0.1, -0.05) is 19.9 Å². The van der Waals surface area contributed by atoms with Crippen LogP contribution in [0.4, 0.5) is 0 Å². The van der Waals surface area contributed by atoms with Crippen LogP contribution >= 0.6 is 0 Å². The Bertz CT molecular complexity index is 145. The van der Waals surface area contributed by atoms with Crippen molar-refractivity contribution in [2.24, 2.45) is 0 Å². The molecule has 0 saturated heterocycles. The fourth-order valence-electron chi connectivity index (χ4n) is 1.79. The van der Waals surface area contributed by atoms with E-state index in [4.69, 9.17) is 0 Å². The molecular formula is C13H28N2. The third-order valence-corrected chi connectivity index (χ3v) is 2.80. The van der Waals surface area contributed by atoms with Crippen molar-refractivity contribution in [3.63, 3.8) is 0 Å². The molecule has 0 aromatic rings. The van der Waals surface area contributed by atoms with E-state index < -0.39 is 0 Å². The van der Waals surface area contributed by atoms with Gasteiger partial charge in [-0.3, -0.25) is 4.90 Å². The van der Waals surface area contributed by atoms with Crippen LogP contribution in [0.25, 0.3) is 0 Å². The predicted molar refractivity (Wildman–Crippen MR) is 69.3 cm³/mol. The lowest BCUT2D eigenvalue weighted by atomic mass is 10.1. The lowest BCUT2D eigenvalue weighted by Gasteiger charge is -2.26. The molecule has 0 aliphatic carbocycles. The van der Waals surface area contributed by atoms with Crippen LogP contribution in [-0.4, -0.2) is 37.1 Å². The summed E-state index contributed by atoms with van der Waals surface area (Å²) in [5.41, 5.74) is 0. The minimum absolute atomic E-state index is 0.677. The first-order valence-electron chi connectivity index (χ1n) is 6.31. The highest BCUT2D eigenvalue weighted by atomic mass is 15.1. The third kappa shape index (κ3) is 7.57. The molecule has 1 unspecified atom stereocenters. The van der Waals surface area contributed by atoms with E-state index in [1.165, 1.54) is 19.3 Å². The average molecular weight is 212 g/mol. The van der Waals surface area contributed by atoms with Crippen molar-refractivity contribution < 1.29 is 0 Å². The van der Waals surface area contributed by atoms with Gasteiger partial charge in [-0.25, -0.2) is 0 Å². The van der Waals surface area contributed by atoms with E-state index in [-0.39, 0.29) is 0 Å². The van der Waals surface area contributed by atoms with E-state index in [9.17, 15) is 0 Å². The fourth-order valence-corrected chi connectivity index (χ4v) is 1.79. The molecule has 1 N–H and O–H groups in total. The summed E-state index contributed by atoms with van der Waals surface area (Å²) < 4.78 is 0. The Kier molecular flexibility index (Phi) is 9.96. The first kappa shape index (κ1) is 14.7. The van der Waals surface area contributed by atoms with Crippen molar-refractivity contribution >= 4 is 0 Å². The summed E-state index contributed by atoms with van der Waals surface area (Å²) in [4.78, 5) is 2.47. The molecule has 0 aromatic carbocycles. The topological polar surface area (TPSA) is 15.3 Å². The molecule has 0 aliphatic heterocycles. The maximum absolute atomic E-state index is 3.80. The molecule has 2 nitrogen and oxygen atoms in total. The van der Waals surface area contributed by atoms with E-state index in [1.807, 2.05) is 6.08 Å². The van der Waals surface area contributed by atoms with E-state index in [1.54, 1.807) is 0 Å². The maximum atomic E-state index is 3.80. The molecule has 2 heteroatoms. The minimum Gasteiger partial charge on any atom is -0.317 e. The summed E-state index contributed by atoms with van der Waals surface area (Å²) in [6.45, 7) is 15.0. The van der Waals surface area contributed by atoms with Crippen LogP contribution in [0, 0.1) is 0 Å². The van der Waals surface area contributed by atoms with Gasteiger partial charge < -0.3 is 5.32 Å². The summed E-state index contributed by atoms with van der Waals surface area (Å²) in [7, 11) is 0. The molecule has 0 rings (SSSR count). The van der Waals surface area contributed by atoms with E-state index in [0.29, 0.717) is 6.04 Å². The third-order valence-electron chi connectivity index (χ3n) is 2.80. The van der Waals surface area contributed by atoms with Crippen molar-refractivity contribution in [2.45, 2.75) is 46.1 Å². The molecule has 1 atom stereocenters. The number of likely N-dealkylation sites (N-methyl/N-ethyl adjacent to an activating group) is 1. The monoisotopic (exact) mass is 212 g/mol. The number of nitrogens with zero attached hydrogens (tertiary/aromatic N) is 1. The minimum atomic E-state index is 0.677. The van der Waals surface area contributed by atoms with Gasteiger partial charge >= 0.3 is 0 Å². The van der Waals surface area contributed by atoms with Crippen LogP contribution in [0.3, 0.4) is 0 Å². The zero-order valence-corrected chi connectivity index (χ0v) is 10.8. The van der Waals surface area contributed by atoms with E-state index in [2.05, 4.69) is 37.6 Å². The van der Waals surface area contributed by atoms with Gasteiger partial charge in [0.15, 0.2) is 0 Å². The van der Waals surface area contributed by atoms with Crippen molar-refractivity contribution in [3.8, 4) is 0 Å². The first-order valence-corrected chi connectivity index (χ1v) is 6.31. The zero-order chi connectivity index (χ0) is 11.5. The van der Waals surface area contributed by atoms with Gasteiger partial charge in [0.05, 0.1) is 0 Å². The van der Waals surface area contributed by atoms with Crippen LogP contribution in [0.5, 0.6) is 0 Å². The molecule has 0 radical (unpaired) electrons. The molecule has 0 bridgehead atoms. The summed E-state index contributed by atoms with van der Waals surface area (Å²) >= 11 is 0. The van der Waals surface area contributed by atoms with Gasteiger partial charge in [-0.2, -0.15) is 0 Å². The Balaban J connectivity index is 3.52. The van der Waals surface area contributed by atoms with Crippen LogP contribution < -0.4 is 5.32 Å². The standard InChI is InChI=1S/C13H28N2/c1-5-10-14-11-8-9-13(4)15(7-3)12-6-2/h6,13-14H,2,5,7-12H2,1,3-4H3. The molecule has 90 valence electrons. The highest BCUT2D eigenvalue weighted by molar-refractivity contribution is 4.76. The second-order valence-electron chi connectivity index (χ2n) is 4.12. The zero-order valence-electron chi connectivity index (χ0n) is 10.8. The Morgan fingerprint density at radius 2 is 2.07 bits per heavy atom. The lowest BCUT2D eigenvalue weighted by Crippen LogP contribution is -2.33. The Hall–Kier alpha value is -0.340. The highest BCUT2D eigenvalue weighted by Gasteiger charge is 2.09. The van der Waals surface area contributed by atoms with Gasteiger partial charge in [0.25, 0.3) is 0 Å². The van der Waals surface area contributed by atoms with Crippen LogP contribution in [0.2, 0.25) is 0 Å². The van der Waals surface area contributed by atoms with Crippen LogP contribution in [-0.2, 0) is 0 Å². The predicted octanol–water partition coefficient (Wildman–Crippen LogP) is 2.66. The fraction of sp³-hybridized carbons (Fsp3) is 0.846. The van der Waals surface area contributed by atoms with Crippen molar-refractivity contribution in [1.29, 1.82) is 0 Å². The van der Waals surface area contributed by atoms with Crippen LogP contribution in [0.15, 0.2) is 12.7 Å². The Morgan fingerprint density at radius 3 is 2.60 bits per heavy atom. The largest absolute Gasteiger partial charge is 0.317 e. The number of rotatable bonds is 10. The van der Waals surface area contributed by atoms with Crippen molar-refractivity contribution in [1.82, 2.24) is 10.2 Å². The van der Waals surface area contributed by atoms with Gasteiger partial charge in [0.2, 0.25) is 0 Å². The van der Waals surface area contributed by atoms with Gasteiger partial charge in [0.1, 0.15) is 0 Å². The first-order chi connectivity index (χ1) is 7.26. The summed E-state index contributed by atoms with van der Waals surface area (Å²) in [6, 6.07) is 0.677. The van der Waals surface area contributed by atoms with Crippen molar-refractivity contribution in [3.05, 3.63) is 12.7 Å². The summed E-state index contributed by atoms with van der Waals surface area (Å²) in [6.07, 6.45) is 5.77. The molecule has 0 spiro atoms. The molecule has 0 amide bonds. The summed E-state index contributed by atoms with van der Waals surface area (Å²) in [5.74, 6) is 0.